The predicted molar refractivity (Wildman–Crippen MR) is 150 cm³/mol. The molecule has 0 aromatic rings. The maximum absolute atomic E-state index is 14.5. The molecule has 38 heavy (non-hydrogen) atoms. The van der Waals surface area contributed by atoms with Gasteiger partial charge in [-0.1, -0.05) is 60.1 Å². The van der Waals surface area contributed by atoms with Gasteiger partial charge in [0.05, 0.1) is 11.4 Å². The van der Waals surface area contributed by atoms with Crippen LogP contribution in [0.15, 0.2) is 23.3 Å². The molecule has 0 amide bonds. The van der Waals surface area contributed by atoms with Crippen molar-refractivity contribution in [2.75, 3.05) is 6.54 Å². The summed E-state index contributed by atoms with van der Waals surface area (Å²) in [5, 5.41) is 21.3. The minimum atomic E-state index is -0.636. The van der Waals surface area contributed by atoms with Gasteiger partial charge in [0.15, 0.2) is 11.6 Å². The fourth-order valence-electron chi connectivity index (χ4n) is 10.4. The van der Waals surface area contributed by atoms with Gasteiger partial charge in [0.1, 0.15) is 6.07 Å². The third kappa shape index (κ3) is 3.44. The molecule has 7 atom stereocenters. The number of fused-ring (bicyclic) bond motifs is 7. The molecule has 206 valence electrons. The van der Waals surface area contributed by atoms with Crippen LogP contribution in [0.1, 0.15) is 100 Å². The van der Waals surface area contributed by atoms with E-state index in [1.165, 1.54) is 0 Å². The highest BCUT2D eigenvalue weighted by atomic mass is 16.1. The summed E-state index contributed by atoms with van der Waals surface area (Å²) < 4.78 is 0. The first-order valence-corrected chi connectivity index (χ1v) is 14.7. The Morgan fingerprint density at radius 3 is 2.34 bits per heavy atom. The van der Waals surface area contributed by atoms with E-state index >= 15 is 0 Å². The van der Waals surface area contributed by atoms with Crippen LogP contribution >= 0.6 is 0 Å². The number of carbonyl (C=O) groups excluding carboxylic acids is 2. The Labute approximate surface area is 229 Å². The van der Waals surface area contributed by atoms with Crippen molar-refractivity contribution in [2.45, 2.75) is 100 Å². The molecule has 0 spiro atoms. The number of rotatable bonds is 2. The Kier molecular flexibility index (Phi) is 5.87. The lowest BCUT2D eigenvalue weighted by Crippen LogP contribution is -2.65. The number of allylic oxidation sites excluding steroid dienone is 4. The number of nitrogens with zero attached hydrogens (tertiary/aromatic N) is 1. The average Bonchev–Trinajstić information content (AvgIpc) is 2.82. The van der Waals surface area contributed by atoms with Crippen molar-refractivity contribution >= 4 is 17.4 Å². The van der Waals surface area contributed by atoms with E-state index in [0.29, 0.717) is 5.84 Å². The number of hydrogen-bond acceptors (Lipinski definition) is 4. The summed E-state index contributed by atoms with van der Waals surface area (Å²) in [6.07, 6.45) is 11.2. The smallest absolute Gasteiger partial charge is 0.178 e. The standard InChI is InChI=1S/C33H47N3O2/c1-20(35)36-19-33-13-11-28(2,3)17-22(33)26-23(37)15-25-30(6)16-21(18-34)27(38)29(4,5)24(30)9-10-31(25,7)32(26,8)12-14-33/h15-16,22,24,26H,9-14,17,19H2,1-8H3,(H2,35,36)/t22-,24-,26-,30-,31+,32+,33+/m0/s1. The normalized spacial score (nSPS) is 44.8. The lowest BCUT2D eigenvalue weighted by atomic mass is 9.34. The van der Waals surface area contributed by atoms with Crippen molar-refractivity contribution in [3.8, 4) is 6.07 Å². The molecule has 5 aliphatic rings. The topological polar surface area (TPSA) is 93.8 Å². The Morgan fingerprint density at radius 2 is 1.71 bits per heavy atom. The summed E-state index contributed by atoms with van der Waals surface area (Å²) in [5.41, 5.74) is 0.157. The summed E-state index contributed by atoms with van der Waals surface area (Å²) in [7, 11) is 0. The summed E-state index contributed by atoms with van der Waals surface area (Å²) >= 11 is 0. The molecule has 0 aromatic heterocycles. The number of Topliss-reactive ketones (excluding diaryl/α,β-unsaturated/α-hetero) is 1. The second-order valence-electron chi connectivity index (χ2n) is 15.6. The van der Waals surface area contributed by atoms with Crippen molar-refractivity contribution in [3.63, 3.8) is 0 Å². The van der Waals surface area contributed by atoms with Crippen LogP contribution in [0.3, 0.4) is 0 Å². The quantitative estimate of drug-likeness (QED) is 0.311. The molecule has 0 heterocycles. The Morgan fingerprint density at radius 1 is 1.05 bits per heavy atom. The highest BCUT2D eigenvalue weighted by molar-refractivity contribution is 6.04. The second kappa shape index (κ2) is 8.15. The first-order valence-electron chi connectivity index (χ1n) is 14.7. The van der Waals surface area contributed by atoms with Crippen LogP contribution in [0.2, 0.25) is 0 Å². The number of nitrogens with one attached hydrogen (secondary N) is 2. The number of amidine groups is 1. The zero-order chi connectivity index (χ0) is 28.1. The fourth-order valence-corrected chi connectivity index (χ4v) is 10.4. The van der Waals surface area contributed by atoms with Crippen molar-refractivity contribution in [2.24, 2.45) is 50.2 Å². The first kappa shape index (κ1) is 27.4. The van der Waals surface area contributed by atoms with Crippen LogP contribution in [0.4, 0.5) is 0 Å². The molecule has 2 N–H and O–H groups in total. The van der Waals surface area contributed by atoms with Gasteiger partial charge < -0.3 is 5.32 Å². The number of ketones is 2. The maximum Gasteiger partial charge on any atom is 0.178 e. The third-order valence-electron chi connectivity index (χ3n) is 12.7. The summed E-state index contributed by atoms with van der Waals surface area (Å²) in [6.45, 7) is 18.3. The number of hydrogen-bond donors (Lipinski definition) is 2. The number of carbonyl (C=O) groups is 2. The second-order valence-corrected chi connectivity index (χ2v) is 15.6. The van der Waals surface area contributed by atoms with Crippen LogP contribution < -0.4 is 5.32 Å². The van der Waals surface area contributed by atoms with Gasteiger partial charge in [-0.15, -0.1) is 0 Å². The van der Waals surface area contributed by atoms with E-state index < -0.39 is 10.8 Å². The van der Waals surface area contributed by atoms with Gasteiger partial charge in [-0.2, -0.15) is 5.26 Å². The van der Waals surface area contributed by atoms with Gasteiger partial charge >= 0.3 is 0 Å². The van der Waals surface area contributed by atoms with Crippen molar-refractivity contribution in [1.29, 1.82) is 10.7 Å². The lowest BCUT2D eigenvalue weighted by Gasteiger charge is -2.69. The maximum atomic E-state index is 14.5. The molecule has 3 fully saturated rings. The summed E-state index contributed by atoms with van der Waals surface area (Å²) in [4.78, 5) is 27.7. The van der Waals surface area contributed by atoms with E-state index in [-0.39, 0.29) is 56.6 Å². The van der Waals surface area contributed by atoms with Crippen molar-refractivity contribution < 1.29 is 9.59 Å². The van der Waals surface area contributed by atoms with E-state index in [1.54, 1.807) is 0 Å². The Balaban J connectivity index is 1.66. The Bertz CT molecular complexity index is 1220. The van der Waals surface area contributed by atoms with Gasteiger partial charge in [-0.05, 0) is 91.4 Å². The minimum absolute atomic E-state index is 0.0353. The van der Waals surface area contributed by atoms with Crippen LogP contribution in [0, 0.1) is 67.0 Å². The Hall–Kier alpha value is -2.22. The molecule has 0 unspecified atom stereocenters. The molecule has 0 saturated heterocycles. The summed E-state index contributed by atoms with van der Waals surface area (Å²) in [6, 6.07) is 2.20. The largest absolute Gasteiger partial charge is 0.374 e. The third-order valence-corrected chi connectivity index (χ3v) is 12.7. The molecular weight excluding hydrogens is 470 g/mol. The molecule has 5 rings (SSSR count). The molecule has 3 saturated carbocycles. The van der Waals surface area contributed by atoms with Crippen LogP contribution in [0.25, 0.3) is 0 Å². The van der Waals surface area contributed by atoms with Crippen LogP contribution in [-0.2, 0) is 9.59 Å². The molecule has 0 bridgehead atoms. The monoisotopic (exact) mass is 517 g/mol. The van der Waals surface area contributed by atoms with Gasteiger partial charge in [-0.25, -0.2) is 0 Å². The van der Waals surface area contributed by atoms with Gasteiger partial charge in [0.2, 0.25) is 0 Å². The van der Waals surface area contributed by atoms with Gasteiger partial charge in [0, 0.05) is 23.3 Å². The summed E-state index contributed by atoms with van der Waals surface area (Å²) in [5.74, 6) is 0.999. The minimum Gasteiger partial charge on any atom is -0.374 e. The molecule has 5 heteroatoms. The van der Waals surface area contributed by atoms with Crippen LogP contribution in [0.5, 0.6) is 0 Å². The number of nitriles is 1. The van der Waals surface area contributed by atoms with Gasteiger partial charge in [0.25, 0.3) is 0 Å². The highest BCUT2D eigenvalue weighted by Crippen LogP contribution is 2.74. The van der Waals surface area contributed by atoms with E-state index in [4.69, 9.17) is 5.41 Å². The average molecular weight is 518 g/mol. The molecule has 0 radical (unpaired) electrons. The van der Waals surface area contributed by atoms with E-state index in [1.807, 2.05) is 32.9 Å². The van der Waals surface area contributed by atoms with Crippen molar-refractivity contribution in [3.05, 3.63) is 23.3 Å². The lowest BCUT2D eigenvalue weighted by molar-refractivity contribution is -0.170. The fraction of sp³-hybridized carbons (Fsp3) is 0.758. The van der Waals surface area contributed by atoms with E-state index in [9.17, 15) is 14.9 Å². The molecule has 5 aliphatic carbocycles. The molecular formula is C33H47N3O2. The van der Waals surface area contributed by atoms with Crippen molar-refractivity contribution in [1.82, 2.24) is 5.32 Å². The molecule has 0 aromatic carbocycles. The van der Waals surface area contributed by atoms with Crippen LogP contribution in [-0.4, -0.2) is 23.9 Å². The predicted octanol–water partition coefficient (Wildman–Crippen LogP) is 6.79. The molecule has 5 nitrogen and oxygen atoms in total. The zero-order valence-corrected chi connectivity index (χ0v) is 24.8. The molecule has 0 aliphatic heterocycles. The highest BCUT2D eigenvalue weighted by Gasteiger charge is 2.69. The zero-order valence-electron chi connectivity index (χ0n) is 24.8. The SMILES string of the molecule is CC(=N)NC[C@]12CCC(C)(C)C[C@H]1[C@H]1C(=O)C=C3[C@@]4(C)C=C(C#N)C(=O)C(C)(C)[C@@H]4CC[C@@]3(C)[C@]1(C)CC2. The van der Waals surface area contributed by atoms with Gasteiger partial charge in [-0.3, -0.25) is 15.0 Å². The first-order chi connectivity index (χ1) is 17.5. The van der Waals surface area contributed by atoms with E-state index in [2.05, 4.69) is 46.0 Å². The van der Waals surface area contributed by atoms with E-state index in [0.717, 1.165) is 57.1 Å².